The Morgan fingerprint density at radius 1 is 0.655 bits per heavy atom. The van der Waals surface area contributed by atoms with Crippen molar-refractivity contribution in [3.63, 3.8) is 0 Å². The van der Waals surface area contributed by atoms with Crippen LogP contribution in [-0.4, -0.2) is 0 Å². The van der Waals surface area contributed by atoms with Crippen molar-refractivity contribution in [1.82, 2.24) is 0 Å². The molecule has 3 aromatic rings. The first-order valence-electron chi connectivity index (χ1n) is 11.3. The summed E-state index contributed by atoms with van der Waals surface area (Å²) in [6, 6.07) is 25.1. The molecule has 0 nitrogen and oxygen atoms in total. The molecule has 1 saturated carbocycles. The van der Waals surface area contributed by atoms with Gasteiger partial charge in [-0.15, -0.1) is 0 Å². The third kappa shape index (κ3) is 4.99. The summed E-state index contributed by atoms with van der Waals surface area (Å²) in [5.74, 6) is 1.71. The molecule has 3 aromatic carbocycles. The number of hydrogen-bond acceptors (Lipinski definition) is 0. The molecule has 0 radical (unpaired) electrons. The topological polar surface area (TPSA) is 0 Å². The van der Waals surface area contributed by atoms with Gasteiger partial charge in [-0.25, -0.2) is 0 Å². The van der Waals surface area contributed by atoms with Crippen LogP contribution in [0.1, 0.15) is 66.3 Å². The number of hydrogen-bond donors (Lipinski definition) is 0. The van der Waals surface area contributed by atoms with Crippen molar-refractivity contribution < 1.29 is 0 Å². The van der Waals surface area contributed by atoms with Gasteiger partial charge in [0, 0.05) is 0 Å². The summed E-state index contributed by atoms with van der Waals surface area (Å²) in [6.45, 7) is 6.85. The van der Waals surface area contributed by atoms with E-state index < -0.39 is 0 Å². The third-order valence-corrected chi connectivity index (χ3v) is 6.83. The lowest BCUT2D eigenvalue weighted by atomic mass is 9.78. The normalized spacial score (nSPS) is 19.3. The maximum atomic E-state index is 2.44. The van der Waals surface area contributed by atoms with Gasteiger partial charge in [-0.1, -0.05) is 92.1 Å². The van der Waals surface area contributed by atoms with Crippen molar-refractivity contribution in [2.24, 2.45) is 5.92 Å². The summed E-state index contributed by atoms with van der Waals surface area (Å²) in [5, 5.41) is 0. The highest BCUT2D eigenvalue weighted by Gasteiger charge is 2.20. The molecule has 0 amide bonds. The summed E-state index contributed by atoms with van der Waals surface area (Å²) in [5.41, 5.74) is 9.90. The SMILES string of the molecule is Cc1ccc(-c2ccc(CCc3ccc(C4CCC(C)CC4)c(C)c3)cc2)cc1. The zero-order valence-electron chi connectivity index (χ0n) is 18.2. The average Bonchev–Trinajstić information content (AvgIpc) is 2.74. The van der Waals surface area contributed by atoms with E-state index in [0.29, 0.717) is 0 Å². The van der Waals surface area contributed by atoms with Crippen molar-refractivity contribution in [3.8, 4) is 11.1 Å². The Balaban J connectivity index is 1.37. The van der Waals surface area contributed by atoms with Gasteiger partial charge >= 0.3 is 0 Å². The zero-order chi connectivity index (χ0) is 20.2. The Kier molecular flexibility index (Phi) is 6.19. The van der Waals surface area contributed by atoms with Gasteiger partial charge in [0.05, 0.1) is 0 Å². The van der Waals surface area contributed by atoms with E-state index in [2.05, 4.69) is 87.5 Å². The second kappa shape index (κ2) is 8.99. The first-order valence-corrected chi connectivity index (χ1v) is 11.3. The van der Waals surface area contributed by atoms with Gasteiger partial charge in [0.15, 0.2) is 0 Å². The standard InChI is InChI=1S/C29H34/c1-21-4-13-26(14-5-21)27-17-10-24(11-18-27)8-9-25-12-19-29(23(3)20-25)28-15-6-22(2)7-16-28/h4-5,10-14,17-20,22,28H,6-9,15-16H2,1-3H3. The van der Waals surface area contributed by atoms with Crippen molar-refractivity contribution in [1.29, 1.82) is 0 Å². The highest BCUT2D eigenvalue weighted by molar-refractivity contribution is 5.63. The molecule has 1 fully saturated rings. The summed E-state index contributed by atoms with van der Waals surface area (Å²) in [4.78, 5) is 0. The molecule has 0 heteroatoms. The van der Waals surface area contributed by atoms with Crippen molar-refractivity contribution in [2.75, 3.05) is 0 Å². The fourth-order valence-electron chi connectivity index (χ4n) is 4.82. The van der Waals surface area contributed by atoms with E-state index in [9.17, 15) is 0 Å². The molecule has 0 heterocycles. The summed E-state index contributed by atoms with van der Waals surface area (Å²) < 4.78 is 0. The number of rotatable bonds is 5. The molecule has 0 aromatic heterocycles. The van der Waals surface area contributed by atoms with Crippen LogP contribution in [0.5, 0.6) is 0 Å². The van der Waals surface area contributed by atoms with Crippen LogP contribution in [0.25, 0.3) is 11.1 Å². The quantitative estimate of drug-likeness (QED) is 0.419. The number of benzene rings is 3. The Hall–Kier alpha value is -2.34. The Labute approximate surface area is 177 Å². The third-order valence-electron chi connectivity index (χ3n) is 6.83. The van der Waals surface area contributed by atoms with Crippen LogP contribution in [0, 0.1) is 19.8 Å². The summed E-state index contributed by atoms with van der Waals surface area (Å²) in [7, 11) is 0. The summed E-state index contributed by atoms with van der Waals surface area (Å²) in [6.07, 6.45) is 7.75. The van der Waals surface area contributed by atoms with E-state index in [0.717, 1.165) is 24.7 Å². The van der Waals surface area contributed by atoms with E-state index >= 15 is 0 Å². The Morgan fingerprint density at radius 3 is 1.83 bits per heavy atom. The molecule has 4 rings (SSSR count). The lowest BCUT2D eigenvalue weighted by molar-refractivity contribution is 0.347. The Bertz CT molecular complexity index is 923. The van der Waals surface area contributed by atoms with Crippen LogP contribution in [0.2, 0.25) is 0 Å². The second-order valence-corrected chi connectivity index (χ2v) is 9.21. The first kappa shape index (κ1) is 20.0. The average molecular weight is 383 g/mol. The van der Waals surface area contributed by atoms with Crippen LogP contribution in [-0.2, 0) is 12.8 Å². The second-order valence-electron chi connectivity index (χ2n) is 9.21. The smallest absolute Gasteiger partial charge is 0.0159 e. The molecule has 0 bridgehead atoms. The molecule has 0 N–H and O–H groups in total. The molecule has 0 unspecified atom stereocenters. The predicted molar refractivity (Wildman–Crippen MR) is 126 cm³/mol. The largest absolute Gasteiger partial charge is 0.0625 e. The Morgan fingerprint density at radius 2 is 1.21 bits per heavy atom. The van der Waals surface area contributed by atoms with Crippen LogP contribution < -0.4 is 0 Å². The summed E-state index contributed by atoms with van der Waals surface area (Å²) >= 11 is 0. The molecular weight excluding hydrogens is 348 g/mol. The monoisotopic (exact) mass is 382 g/mol. The van der Waals surface area contributed by atoms with E-state index in [-0.39, 0.29) is 0 Å². The minimum Gasteiger partial charge on any atom is -0.0625 e. The molecule has 0 aliphatic heterocycles. The highest BCUT2D eigenvalue weighted by Crippen LogP contribution is 2.37. The highest BCUT2D eigenvalue weighted by atomic mass is 14.3. The molecule has 1 aliphatic carbocycles. The zero-order valence-corrected chi connectivity index (χ0v) is 18.2. The lowest BCUT2D eigenvalue weighted by Crippen LogP contribution is -2.12. The van der Waals surface area contributed by atoms with Gasteiger partial charge in [-0.05, 0) is 84.7 Å². The maximum absolute atomic E-state index is 2.44. The van der Waals surface area contributed by atoms with Gasteiger partial charge in [0.25, 0.3) is 0 Å². The molecular formula is C29H34. The molecule has 29 heavy (non-hydrogen) atoms. The van der Waals surface area contributed by atoms with Crippen molar-refractivity contribution in [3.05, 3.63) is 94.5 Å². The minimum absolute atomic E-state index is 0.787. The predicted octanol–water partition coefficient (Wildman–Crippen LogP) is 8.05. The van der Waals surface area contributed by atoms with Crippen molar-refractivity contribution >= 4 is 0 Å². The number of aryl methyl sites for hydroxylation is 4. The van der Waals surface area contributed by atoms with E-state index in [1.54, 1.807) is 5.56 Å². The molecule has 0 saturated heterocycles. The molecule has 1 aliphatic rings. The van der Waals surface area contributed by atoms with E-state index in [4.69, 9.17) is 0 Å². The maximum Gasteiger partial charge on any atom is -0.0159 e. The first-order chi connectivity index (χ1) is 14.1. The van der Waals surface area contributed by atoms with Crippen molar-refractivity contribution in [2.45, 2.75) is 65.2 Å². The van der Waals surface area contributed by atoms with Gasteiger partial charge in [0.2, 0.25) is 0 Å². The van der Waals surface area contributed by atoms with Crippen LogP contribution in [0.3, 0.4) is 0 Å². The fourth-order valence-corrected chi connectivity index (χ4v) is 4.82. The van der Waals surface area contributed by atoms with Gasteiger partial charge in [-0.3, -0.25) is 0 Å². The molecule has 0 atom stereocenters. The van der Waals surface area contributed by atoms with Gasteiger partial charge in [-0.2, -0.15) is 0 Å². The van der Waals surface area contributed by atoms with Crippen LogP contribution >= 0.6 is 0 Å². The van der Waals surface area contributed by atoms with E-state index in [1.807, 2.05) is 0 Å². The van der Waals surface area contributed by atoms with Gasteiger partial charge in [0.1, 0.15) is 0 Å². The van der Waals surface area contributed by atoms with E-state index in [1.165, 1.54) is 59.1 Å². The van der Waals surface area contributed by atoms with Crippen LogP contribution in [0.4, 0.5) is 0 Å². The minimum atomic E-state index is 0.787. The molecule has 0 spiro atoms. The van der Waals surface area contributed by atoms with Gasteiger partial charge < -0.3 is 0 Å². The molecule has 150 valence electrons. The lowest BCUT2D eigenvalue weighted by Gasteiger charge is -2.27. The fraction of sp³-hybridized carbons (Fsp3) is 0.379. The van der Waals surface area contributed by atoms with Crippen LogP contribution in [0.15, 0.2) is 66.7 Å².